The molecule has 0 aromatic carbocycles. The lowest BCUT2D eigenvalue weighted by Gasteiger charge is -2.15. The van der Waals surface area contributed by atoms with Gasteiger partial charge in [-0.25, -0.2) is 0 Å². The van der Waals surface area contributed by atoms with Gasteiger partial charge >= 0.3 is 0 Å². The van der Waals surface area contributed by atoms with Crippen LogP contribution in [-0.2, 0) is 20.6 Å². The first-order valence-corrected chi connectivity index (χ1v) is 6.13. The highest BCUT2D eigenvalue weighted by molar-refractivity contribution is 5.92. The van der Waals surface area contributed by atoms with Crippen molar-refractivity contribution in [1.82, 2.24) is 24.5 Å². The monoisotopic (exact) mass is 261 g/mol. The summed E-state index contributed by atoms with van der Waals surface area (Å²) < 4.78 is 3.51. The molecule has 0 aliphatic carbocycles. The van der Waals surface area contributed by atoms with Gasteiger partial charge in [-0.15, -0.1) is 0 Å². The van der Waals surface area contributed by atoms with Crippen molar-refractivity contribution >= 4 is 5.91 Å². The van der Waals surface area contributed by atoms with E-state index in [0.29, 0.717) is 12.2 Å². The third-order valence-corrected chi connectivity index (χ3v) is 3.42. The minimum atomic E-state index is -0.0769. The highest BCUT2D eigenvalue weighted by atomic mass is 16.2. The Morgan fingerprint density at radius 2 is 2.00 bits per heavy atom. The zero-order valence-corrected chi connectivity index (χ0v) is 12.0. The van der Waals surface area contributed by atoms with E-state index in [0.717, 1.165) is 17.0 Å². The summed E-state index contributed by atoms with van der Waals surface area (Å²) in [6.07, 6.45) is 1.79. The van der Waals surface area contributed by atoms with Crippen molar-refractivity contribution in [3.63, 3.8) is 0 Å². The third-order valence-electron chi connectivity index (χ3n) is 3.42. The number of hydrogen-bond acceptors (Lipinski definition) is 3. The molecule has 2 aromatic heterocycles. The van der Waals surface area contributed by atoms with E-state index in [1.54, 1.807) is 33.6 Å². The predicted molar refractivity (Wildman–Crippen MR) is 71.7 cm³/mol. The molecule has 0 bridgehead atoms. The fourth-order valence-corrected chi connectivity index (χ4v) is 1.89. The van der Waals surface area contributed by atoms with Crippen molar-refractivity contribution < 1.29 is 4.79 Å². The molecule has 0 aliphatic rings. The molecule has 0 aliphatic heterocycles. The smallest absolute Gasteiger partial charge is 0.274 e. The van der Waals surface area contributed by atoms with E-state index in [2.05, 4.69) is 10.2 Å². The standard InChI is InChI=1S/C13H19N5O/c1-9-6-12(15-17(9)4)13(19)16(3)8-11-7-14-18(5)10(11)2/h6-7H,8H2,1-5H3. The van der Waals surface area contributed by atoms with E-state index in [-0.39, 0.29) is 5.91 Å². The molecule has 0 saturated carbocycles. The molecular weight excluding hydrogens is 242 g/mol. The van der Waals surface area contributed by atoms with Gasteiger partial charge in [0.25, 0.3) is 5.91 Å². The summed E-state index contributed by atoms with van der Waals surface area (Å²) in [6, 6.07) is 1.80. The summed E-state index contributed by atoms with van der Waals surface area (Å²) >= 11 is 0. The van der Waals surface area contributed by atoms with Crippen LogP contribution in [0.3, 0.4) is 0 Å². The van der Waals surface area contributed by atoms with Crippen molar-refractivity contribution in [2.75, 3.05) is 7.05 Å². The number of hydrogen-bond donors (Lipinski definition) is 0. The van der Waals surface area contributed by atoms with Crippen LogP contribution < -0.4 is 0 Å². The van der Waals surface area contributed by atoms with Crippen molar-refractivity contribution in [3.8, 4) is 0 Å². The van der Waals surface area contributed by atoms with Crippen LogP contribution in [0.5, 0.6) is 0 Å². The molecule has 2 rings (SSSR count). The molecule has 19 heavy (non-hydrogen) atoms. The molecule has 2 heterocycles. The Bertz CT molecular complexity index is 591. The second-order valence-corrected chi connectivity index (χ2v) is 4.83. The van der Waals surface area contributed by atoms with Crippen LogP contribution in [0.4, 0.5) is 0 Å². The average molecular weight is 261 g/mol. The normalized spacial score (nSPS) is 10.8. The lowest BCUT2D eigenvalue weighted by molar-refractivity contribution is 0.0778. The maximum absolute atomic E-state index is 12.3. The number of carbonyl (C=O) groups excluding carboxylic acids is 1. The largest absolute Gasteiger partial charge is 0.336 e. The van der Waals surface area contributed by atoms with E-state index >= 15 is 0 Å². The van der Waals surface area contributed by atoms with Gasteiger partial charge in [0.1, 0.15) is 0 Å². The Morgan fingerprint density at radius 3 is 2.47 bits per heavy atom. The Balaban J connectivity index is 2.14. The minimum Gasteiger partial charge on any atom is -0.336 e. The maximum atomic E-state index is 12.3. The van der Waals surface area contributed by atoms with Crippen LogP contribution in [0.25, 0.3) is 0 Å². The van der Waals surface area contributed by atoms with Crippen molar-refractivity contribution in [1.29, 1.82) is 0 Å². The molecule has 0 saturated heterocycles. The molecule has 0 atom stereocenters. The highest BCUT2D eigenvalue weighted by Crippen LogP contribution is 2.11. The number of aryl methyl sites for hydroxylation is 3. The van der Waals surface area contributed by atoms with Gasteiger partial charge in [-0.3, -0.25) is 14.2 Å². The molecule has 0 fully saturated rings. The van der Waals surface area contributed by atoms with Gasteiger partial charge in [-0.1, -0.05) is 0 Å². The van der Waals surface area contributed by atoms with Crippen LogP contribution in [0.2, 0.25) is 0 Å². The number of carbonyl (C=O) groups is 1. The number of rotatable bonds is 3. The Hall–Kier alpha value is -2.11. The van der Waals surface area contributed by atoms with E-state index in [9.17, 15) is 4.79 Å². The molecule has 6 nitrogen and oxygen atoms in total. The summed E-state index contributed by atoms with van der Waals surface area (Å²) in [4.78, 5) is 13.9. The van der Waals surface area contributed by atoms with Gasteiger partial charge < -0.3 is 4.90 Å². The van der Waals surface area contributed by atoms with Gasteiger partial charge in [0.15, 0.2) is 5.69 Å². The average Bonchev–Trinajstić information content (AvgIpc) is 2.86. The molecule has 0 radical (unpaired) electrons. The van der Waals surface area contributed by atoms with Crippen LogP contribution >= 0.6 is 0 Å². The first kappa shape index (κ1) is 13.3. The molecular formula is C13H19N5O. The molecule has 2 aromatic rings. The molecule has 6 heteroatoms. The fourth-order valence-electron chi connectivity index (χ4n) is 1.89. The maximum Gasteiger partial charge on any atom is 0.274 e. The molecule has 0 N–H and O–H groups in total. The van der Waals surface area contributed by atoms with Gasteiger partial charge in [0.2, 0.25) is 0 Å². The molecule has 0 spiro atoms. The topological polar surface area (TPSA) is 56.0 Å². The zero-order chi connectivity index (χ0) is 14.2. The SMILES string of the molecule is Cc1cc(C(=O)N(C)Cc2cnn(C)c2C)nn1C. The molecule has 102 valence electrons. The third kappa shape index (κ3) is 2.52. The van der Waals surface area contributed by atoms with E-state index < -0.39 is 0 Å². The van der Waals surface area contributed by atoms with E-state index in [1.807, 2.05) is 27.9 Å². The van der Waals surface area contributed by atoms with Crippen molar-refractivity contribution in [2.45, 2.75) is 20.4 Å². The van der Waals surface area contributed by atoms with Crippen LogP contribution in [0.15, 0.2) is 12.3 Å². The Morgan fingerprint density at radius 1 is 1.32 bits per heavy atom. The number of nitrogens with zero attached hydrogens (tertiary/aromatic N) is 5. The first-order valence-electron chi connectivity index (χ1n) is 6.13. The Kier molecular flexibility index (Phi) is 3.42. The summed E-state index contributed by atoms with van der Waals surface area (Å²) in [6.45, 7) is 4.45. The predicted octanol–water partition coefficient (Wildman–Crippen LogP) is 1.04. The first-order chi connectivity index (χ1) is 8.90. The second-order valence-electron chi connectivity index (χ2n) is 4.83. The van der Waals surface area contributed by atoms with Crippen molar-refractivity contribution in [2.24, 2.45) is 14.1 Å². The molecule has 1 amide bonds. The number of aromatic nitrogens is 4. The van der Waals surface area contributed by atoms with Crippen LogP contribution in [-0.4, -0.2) is 37.4 Å². The minimum absolute atomic E-state index is 0.0769. The fraction of sp³-hybridized carbons (Fsp3) is 0.462. The quantitative estimate of drug-likeness (QED) is 0.829. The zero-order valence-electron chi connectivity index (χ0n) is 12.0. The summed E-state index contributed by atoms with van der Waals surface area (Å²) in [5.41, 5.74) is 3.56. The van der Waals surface area contributed by atoms with Gasteiger partial charge in [0.05, 0.1) is 6.20 Å². The summed E-state index contributed by atoms with van der Waals surface area (Å²) in [7, 11) is 5.50. The van der Waals surface area contributed by atoms with Gasteiger partial charge in [-0.2, -0.15) is 10.2 Å². The summed E-state index contributed by atoms with van der Waals surface area (Å²) in [5, 5.41) is 8.38. The van der Waals surface area contributed by atoms with Crippen LogP contribution in [0.1, 0.15) is 27.4 Å². The van der Waals surface area contributed by atoms with E-state index in [4.69, 9.17) is 0 Å². The van der Waals surface area contributed by atoms with Crippen molar-refractivity contribution in [3.05, 3.63) is 34.9 Å². The number of amides is 1. The second kappa shape index (κ2) is 4.87. The Labute approximate surface area is 112 Å². The molecule has 0 unspecified atom stereocenters. The van der Waals surface area contributed by atoms with Gasteiger partial charge in [0, 0.05) is 44.6 Å². The lowest BCUT2D eigenvalue weighted by atomic mass is 10.2. The van der Waals surface area contributed by atoms with Gasteiger partial charge in [-0.05, 0) is 19.9 Å². The highest BCUT2D eigenvalue weighted by Gasteiger charge is 2.17. The van der Waals surface area contributed by atoms with E-state index in [1.165, 1.54) is 0 Å². The summed E-state index contributed by atoms with van der Waals surface area (Å²) in [5.74, 6) is -0.0769. The van der Waals surface area contributed by atoms with Crippen LogP contribution in [0, 0.1) is 13.8 Å². The lowest BCUT2D eigenvalue weighted by Crippen LogP contribution is -2.26.